The zero-order chi connectivity index (χ0) is 11.0. The van der Waals surface area contributed by atoms with Gasteiger partial charge in [-0.3, -0.25) is 14.4 Å². The van der Waals surface area contributed by atoms with E-state index in [0.29, 0.717) is 12.8 Å². The molecule has 80 valence electrons. The van der Waals surface area contributed by atoms with E-state index in [-0.39, 0.29) is 12.8 Å². The summed E-state index contributed by atoms with van der Waals surface area (Å²) in [5, 5.41) is 8.32. The van der Waals surface area contributed by atoms with Crippen LogP contribution >= 0.6 is 0 Å². The molecule has 0 atom stereocenters. The first-order chi connectivity index (χ1) is 6.54. The van der Waals surface area contributed by atoms with E-state index in [0.717, 1.165) is 12.8 Å². The second-order valence-electron chi connectivity index (χ2n) is 3.10. The smallest absolute Gasteiger partial charge is 0.303 e. The average Bonchev–Trinajstić information content (AvgIpc) is 2.09. The van der Waals surface area contributed by atoms with Crippen molar-refractivity contribution in [1.82, 2.24) is 0 Å². The fraction of sp³-hybridized carbons (Fsp3) is 0.667. The lowest BCUT2D eigenvalue weighted by Crippen LogP contribution is -2.22. The number of Topliss-reactive ketones (excluding diaryl/α,β-unsaturated/α-hetero) is 1. The number of rotatable bonds is 8. The highest BCUT2D eigenvalue weighted by Gasteiger charge is 2.07. The maximum atomic E-state index is 10.7. The molecule has 0 unspecified atom stereocenters. The maximum absolute atomic E-state index is 10.7. The first-order valence-electron chi connectivity index (χ1n) is 4.58. The lowest BCUT2D eigenvalue weighted by Gasteiger charge is -1.97. The number of nitrogens with two attached hydrogens (primary N) is 1. The highest BCUT2D eigenvalue weighted by atomic mass is 16.4. The van der Waals surface area contributed by atoms with Gasteiger partial charge in [-0.25, -0.2) is 0 Å². The summed E-state index contributed by atoms with van der Waals surface area (Å²) in [6, 6.07) is 0. The van der Waals surface area contributed by atoms with Crippen molar-refractivity contribution in [2.75, 3.05) is 0 Å². The second kappa shape index (κ2) is 7.06. The quantitative estimate of drug-likeness (QED) is 0.440. The molecule has 0 saturated carbocycles. The zero-order valence-electron chi connectivity index (χ0n) is 7.99. The Hall–Kier alpha value is -1.39. The van der Waals surface area contributed by atoms with Crippen molar-refractivity contribution in [3.63, 3.8) is 0 Å². The summed E-state index contributed by atoms with van der Waals surface area (Å²) >= 11 is 0. The Bertz CT molecular complexity index is 225. The molecule has 0 saturated heterocycles. The average molecular weight is 201 g/mol. The van der Waals surface area contributed by atoms with Gasteiger partial charge in [0, 0.05) is 12.8 Å². The normalized spacial score (nSPS) is 9.71. The van der Waals surface area contributed by atoms with Gasteiger partial charge in [0.15, 0.2) is 0 Å². The van der Waals surface area contributed by atoms with Crippen LogP contribution in [-0.4, -0.2) is 22.8 Å². The SMILES string of the molecule is NC(=O)C(=O)CCCCCCC(=O)O. The van der Waals surface area contributed by atoms with Crippen LogP contribution in [0.4, 0.5) is 0 Å². The Labute approximate surface area is 82.3 Å². The van der Waals surface area contributed by atoms with Gasteiger partial charge >= 0.3 is 5.97 Å². The Morgan fingerprint density at radius 3 is 1.86 bits per heavy atom. The summed E-state index contributed by atoms with van der Waals surface area (Å²) in [5.41, 5.74) is 4.75. The zero-order valence-corrected chi connectivity index (χ0v) is 7.99. The summed E-state index contributed by atoms with van der Waals surface area (Å²) in [6.45, 7) is 0. The van der Waals surface area contributed by atoms with E-state index in [9.17, 15) is 14.4 Å². The molecule has 0 heterocycles. The summed E-state index contributed by atoms with van der Waals surface area (Å²) in [7, 11) is 0. The van der Waals surface area contributed by atoms with Crippen molar-refractivity contribution in [1.29, 1.82) is 0 Å². The van der Waals surface area contributed by atoms with E-state index in [1.54, 1.807) is 0 Å². The Kier molecular flexibility index (Phi) is 6.36. The number of carbonyl (C=O) groups is 3. The number of unbranched alkanes of at least 4 members (excludes halogenated alkanes) is 3. The van der Waals surface area contributed by atoms with Crippen LogP contribution in [0.2, 0.25) is 0 Å². The summed E-state index contributed by atoms with van der Waals surface area (Å²) < 4.78 is 0. The predicted octanol–water partition coefficient (Wildman–Crippen LogP) is 0.466. The third kappa shape index (κ3) is 7.27. The first kappa shape index (κ1) is 12.6. The Morgan fingerprint density at radius 1 is 0.929 bits per heavy atom. The maximum Gasteiger partial charge on any atom is 0.303 e. The van der Waals surface area contributed by atoms with Gasteiger partial charge in [-0.15, -0.1) is 0 Å². The van der Waals surface area contributed by atoms with Crippen LogP contribution in [0.3, 0.4) is 0 Å². The lowest BCUT2D eigenvalue weighted by atomic mass is 10.1. The number of carboxylic acids is 1. The molecule has 0 aromatic carbocycles. The Balaban J connectivity index is 3.26. The van der Waals surface area contributed by atoms with Crippen LogP contribution in [0.1, 0.15) is 38.5 Å². The van der Waals surface area contributed by atoms with Crippen LogP contribution in [0.5, 0.6) is 0 Å². The van der Waals surface area contributed by atoms with E-state index in [1.807, 2.05) is 0 Å². The molecule has 0 radical (unpaired) electrons. The number of primary amides is 1. The highest BCUT2D eigenvalue weighted by Crippen LogP contribution is 2.05. The molecule has 5 nitrogen and oxygen atoms in total. The number of aliphatic carboxylic acids is 1. The van der Waals surface area contributed by atoms with Gasteiger partial charge in [-0.2, -0.15) is 0 Å². The minimum absolute atomic E-state index is 0.157. The molecule has 1 amide bonds. The molecular formula is C9H15NO4. The molecule has 0 aliphatic rings. The molecule has 0 rings (SSSR count). The van der Waals surface area contributed by atoms with Crippen molar-refractivity contribution in [2.24, 2.45) is 5.73 Å². The molecule has 0 aliphatic carbocycles. The van der Waals surface area contributed by atoms with Crippen LogP contribution in [-0.2, 0) is 14.4 Å². The van der Waals surface area contributed by atoms with E-state index < -0.39 is 17.7 Å². The van der Waals surface area contributed by atoms with Crippen molar-refractivity contribution < 1.29 is 19.5 Å². The number of amides is 1. The van der Waals surface area contributed by atoms with Gasteiger partial charge < -0.3 is 10.8 Å². The summed E-state index contributed by atoms with van der Waals surface area (Å²) in [6.07, 6.45) is 3.05. The monoisotopic (exact) mass is 201 g/mol. The van der Waals surface area contributed by atoms with Gasteiger partial charge in [0.05, 0.1) is 0 Å². The van der Waals surface area contributed by atoms with E-state index >= 15 is 0 Å². The fourth-order valence-electron chi connectivity index (χ4n) is 1.04. The van der Waals surface area contributed by atoms with Crippen molar-refractivity contribution >= 4 is 17.7 Å². The topological polar surface area (TPSA) is 97.5 Å². The molecule has 0 bridgehead atoms. The standard InChI is InChI=1S/C9H15NO4/c10-9(14)7(11)5-3-1-2-4-6-8(12)13/h1-6H2,(H2,10,14)(H,12,13). The Morgan fingerprint density at radius 2 is 1.43 bits per heavy atom. The largest absolute Gasteiger partial charge is 0.481 e. The van der Waals surface area contributed by atoms with Crippen molar-refractivity contribution in [3.05, 3.63) is 0 Å². The molecular weight excluding hydrogens is 186 g/mol. The van der Waals surface area contributed by atoms with Crippen molar-refractivity contribution in [3.8, 4) is 0 Å². The molecule has 5 heteroatoms. The third-order valence-electron chi connectivity index (χ3n) is 1.82. The first-order valence-corrected chi connectivity index (χ1v) is 4.58. The van der Waals surface area contributed by atoms with Gasteiger partial charge in [0.1, 0.15) is 0 Å². The molecule has 3 N–H and O–H groups in total. The summed E-state index contributed by atoms with van der Waals surface area (Å²) in [4.78, 5) is 31.1. The van der Waals surface area contributed by atoms with Crippen molar-refractivity contribution in [2.45, 2.75) is 38.5 Å². The van der Waals surface area contributed by atoms with E-state index in [2.05, 4.69) is 0 Å². The lowest BCUT2D eigenvalue weighted by molar-refractivity contribution is -0.137. The minimum Gasteiger partial charge on any atom is -0.481 e. The van der Waals surface area contributed by atoms with Gasteiger partial charge in [-0.05, 0) is 12.8 Å². The predicted molar refractivity (Wildman–Crippen MR) is 49.5 cm³/mol. The molecule has 0 aliphatic heterocycles. The second-order valence-corrected chi connectivity index (χ2v) is 3.10. The third-order valence-corrected chi connectivity index (χ3v) is 1.82. The minimum atomic E-state index is -0.893. The van der Waals surface area contributed by atoms with Gasteiger partial charge in [0.2, 0.25) is 5.78 Å². The van der Waals surface area contributed by atoms with Crippen LogP contribution in [0.15, 0.2) is 0 Å². The molecule has 14 heavy (non-hydrogen) atoms. The van der Waals surface area contributed by atoms with E-state index in [1.165, 1.54) is 0 Å². The van der Waals surface area contributed by atoms with Gasteiger partial charge in [-0.1, -0.05) is 12.8 Å². The molecule has 0 fully saturated rings. The number of carboxylic acid groups (broad SMARTS) is 1. The fourth-order valence-corrected chi connectivity index (χ4v) is 1.04. The molecule has 0 aromatic rings. The van der Waals surface area contributed by atoms with Crippen LogP contribution < -0.4 is 5.73 Å². The molecule has 0 spiro atoms. The number of ketones is 1. The summed E-state index contributed by atoms with van der Waals surface area (Å²) in [5.74, 6) is -2.25. The number of carbonyl (C=O) groups excluding carboxylic acids is 2. The highest BCUT2D eigenvalue weighted by molar-refractivity contribution is 6.35. The van der Waals surface area contributed by atoms with Gasteiger partial charge in [0.25, 0.3) is 5.91 Å². The van der Waals surface area contributed by atoms with Crippen LogP contribution in [0.25, 0.3) is 0 Å². The number of hydrogen-bond acceptors (Lipinski definition) is 3. The van der Waals surface area contributed by atoms with E-state index in [4.69, 9.17) is 10.8 Å². The van der Waals surface area contributed by atoms with Crippen LogP contribution in [0, 0.1) is 0 Å². The number of hydrogen-bond donors (Lipinski definition) is 2. The molecule has 0 aromatic heterocycles.